The van der Waals surface area contributed by atoms with Crippen molar-refractivity contribution in [3.05, 3.63) is 97.2 Å². The number of unbranched alkanes of at least 4 members (excludes halogenated alkanes) is 18. The van der Waals surface area contributed by atoms with Gasteiger partial charge in [-0.2, -0.15) is 0 Å². The third kappa shape index (κ3) is 40.6. The molecular formula is C63H102O12. The molecule has 6 atom stereocenters. The zero-order valence-corrected chi connectivity index (χ0v) is 46.8. The maximum Gasteiger partial charge on any atom is 0.335 e. The van der Waals surface area contributed by atoms with Crippen LogP contribution in [0.1, 0.15) is 226 Å². The standard InChI is InChI=1S/C63H102O12/c1-4-7-10-13-16-19-22-25-26-27-28-29-30-33-34-37-40-43-46-49-55(64)71-52-54(73-56(65)50-47-44-41-38-35-31-23-20-17-14-11-8-5-2)53-72-63-61(59(68)58(67)60(75-63)62(69)70)74-57(66)51-48-45-42-39-36-32-24-21-18-15-12-9-6-3/h9,11-12,14,16,18-21,23,25-26,32,36,42,45,54,58-61,63,67-68H,4-8,10,13,15,17,22,24,27-31,33-35,37-41,43-44,46-53H2,1-3H3,(H,69,70)/b12-9-,14-11-,19-16-,21-18-,23-20-,26-25-,36-32-,45-42-. The van der Waals surface area contributed by atoms with E-state index in [4.69, 9.17) is 23.7 Å². The Hall–Kier alpha value is -4.36. The highest BCUT2D eigenvalue weighted by Crippen LogP contribution is 2.26. The van der Waals surface area contributed by atoms with E-state index >= 15 is 0 Å². The van der Waals surface area contributed by atoms with Crippen LogP contribution in [0.5, 0.6) is 0 Å². The van der Waals surface area contributed by atoms with Crippen LogP contribution in [0.3, 0.4) is 0 Å². The summed E-state index contributed by atoms with van der Waals surface area (Å²) >= 11 is 0. The summed E-state index contributed by atoms with van der Waals surface area (Å²) in [4.78, 5) is 51.0. The van der Waals surface area contributed by atoms with E-state index in [1.54, 1.807) is 0 Å². The first kappa shape index (κ1) is 68.7. The van der Waals surface area contributed by atoms with E-state index in [0.29, 0.717) is 25.7 Å². The van der Waals surface area contributed by atoms with Gasteiger partial charge in [0.25, 0.3) is 0 Å². The minimum absolute atomic E-state index is 0.0664. The molecule has 1 heterocycles. The van der Waals surface area contributed by atoms with Crippen LogP contribution in [0, 0.1) is 0 Å². The second-order valence-corrected chi connectivity index (χ2v) is 19.5. The Morgan fingerprint density at radius 3 is 1.39 bits per heavy atom. The molecular weight excluding hydrogens is 949 g/mol. The number of aliphatic hydroxyl groups is 2. The van der Waals surface area contributed by atoms with Crippen LogP contribution in [0.15, 0.2) is 97.2 Å². The number of rotatable bonds is 48. The van der Waals surface area contributed by atoms with Crippen LogP contribution in [0.4, 0.5) is 0 Å². The molecule has 75 heavy (non-hydrogen) atoms. The van der Waals surface area contributed by atoms with Crippen LogP contribution in [0.25, 0.3) is 0 Å². The average molecular weight is 1050 g/mol. The normalized spacial score (nSPS) is 18.9. The summed E-state index contributed by atoms with van der Waals surface area (Å²) in [6.45, 7) is 5.73. The Balaban J connectivity index is 2.72. The van der Waals surface area contributed by atoms with Gasteiger partial charge in [-0.15, -0.1) is 0 Å². The summed E-state index contributed by atoms with van der Waals surface area (Å²) in [5.41, 5.74) is 0. The molecule has 1 aliphatic rings. The molecule has 12 nitrogen and oxygen atoms in total. The van der Waals surface area contributed by atoms with Crippen molar-refractivity contribution in [1.82, 2.24) is 0 Å². The lowest BCUT2D eigenvalue weighted by Gasteiger charge is -2.40. The van der Waals surface area contributed by atoms with Crippen LogP contribution in [-0.2, 0) is 42.9 Å². The highest BCUT2D eigenvalue weighted by atomic mass is 16.7. The highest BCUT2D eigenvalue weighted by molar-refractivity contribution is 5.74. The molecule has 0 bridgehead atoms. The monoisotopic (exact) mass is 1050 g/mol. The lowest BCUT2D eigenvalue weighted by atomic mass is 9.98. The molecule has 0 aliphatic carbocycles. The fourth-order valence-electron chi connectivity index (χ4n) is 8.15. The Bertz CT molecular complexity index is 1670. The SMILES string of the molecule is CC/C=C\C/C=C\C/C=C\C/C=C\CCC(=O)OC1C(OCC(COC(=O)CCCCCCCCCCC/C=C\C/C=C\CCCCC)OC(=O)CCCCCCC/C=C\C/C=C\CCC)OC(C(=O)O)C(O)C1O. The summed E-state index contributed by atoms with van der Waals surface area (Å²) < 4.78 is 28.3. The van der Waals surface area contributed by atoms with Crippen molar-refractivity contribution in [3.63, 3.8) is 0 Å². The number of allylic oxidation sites excluding steroid dienone is 16. The summed E-state index contributed by atoms with van der Waals surface area (Å²) in [6.07, 6.45) is 54.0. The zero-order valence-electron chi connectivity index (χ0n) is 46.8. The highest BCUT2D eigenvalue weighted by Gasteiger charge is 2.50. The predicted molar refractivity (Wildman–Crippen MR) is 303 cm³/mol. The van der Waals surface area contributed by atoms with E-state index in [-0.39, 0.29) is 25.9 Å². The number of hydrogen-bond donors (Lipinski definition) is 3. The fraction of sp³-hybridized carbons (Fsp3) is 0.683. The second-order valence-electron chi connectivity index (χ2n) is 19.5. The first-order chi connectivity index (χ1) is 36.6. The minimum atomic E-state index is -1.93. The van der Waals surface area contributed by atoms with Gasteiger partial charge >= 0.3 is 23.9 Å². The van der Waals surface area contributed by atoms with Gasteiger partial charge in [-0.25, -0.2) is 4.79 Å². The molecule has 0 radical (unpaired) electrons. The van der Waals surface area contributed by atoms with Gasteiger partial charge in [0.2, 0.25) is 0 Å². The maximum absolute atomic E-state index is 13.1. The predicted octanol–water partition coefficient (Wildman–Crippen LogP) is 14.9. The summed E-state index contributed by atoms with van der Waals surface area (Å²) in [5.74, 6) is -3.26. The van der Waals surface area contributed by atoms with E-state index in [0.717, 1.165) is 103 Å². The van der Waals surface area contributed by atoms with Crippen molar-refractivity contribution >= 4 is 23.9 Å². The average Bonchev–Trinajstić information content (AvgIpc) is 3.39. The van der Waals surface area contributed by atoms with Gasteiger partial charge < -0.3 is 39.0 Å². The molecule has 12 heteroatoms. The quantitative estimate of drug-likeness (QED) is 0.0228. The van der Waals surface area contributed by atoms with Gasteiger partial charge in [0, 0.05) is 19.3 Å². The largest absolute Gasteiger partial charge is 0.479 e. The molecule has 6 unspecified atom stereocenters. The topological polar surface area (TPSA) is 175 Å². The van der Waals surface area contributed by atoms with Crippen LogP contribution in [-0.4, -0.2) is 89.2 Å². The number of hydrogen-bond acceptors (Lipinski definition) is 11. The van der Waals surface area contributed by atoms with Crippen molar-refractivity contribution in [3.8, 4) is 0 Å². The molecule has 0 aromatic rings. The molecule has 1 saturated heterocycles. The van der Waals surface area contributed by atoms with E-state index in [1.807, 2.05) is 18.2 Å². The molecule has 1 aliphatic heterocycles. The lowest BCUT2D eigenvalue weighted by Crippen LogP contribution is -2.61. The van der Waals surface area contributed by atoms with E-state index in [9.17, 15) is 34.5 Å². The lowest BCUT2D eigenvalue weighted by molar-refractivity contribution is -0.301. The third-order valence-electron chi connectivity index (χ3n) is 12.6. The van der Waals surface area contributed by atoms with Gasteiger partial charge in [0.15, 0.2) is 24.6 Å². The van der Waals surface area contributed by atoms with Gasteiger partial charge in [0.1, 0.15) is 18.8 Å². The maximum atomic E-state index is 13.1. The zero-order chi connectivity index (χ0) is 54.7. The molecule has 0 spiro atoms. The molecule has 0 aromatic carbocycles. The number of esters is 3. The fourth-order valence-corrected chi connectivity index (χ4v) is 8.15. The van der Waals surface area contributed by atoms with Crippen LogP contribution in [0.2, 0.25) is 0 Å². The molecule has 426 valence electrons. The number of carbonyl (C=O) groups excluding carboxylic acids is 3. The number of aliphatic carboxylic acids is 1. The molecule has 0 aromatic heterocycles. The van der Waals surface area contributed by atoms with Crippen LogP contribution < -0.4 is 0 Å². The van der Waals surface area contributed by atoms with E-state index in [1.165, 1.54) is 57.8 Å². The third-order valence-corrected chi connectivity index (χ3v) is 12.6. The smallest absolute Gasteiger partial charge is 0.335 e. The van der Waals surface area contributed by atoms with Gasteiger partial charge in [-0.05, 0) is 103 Å². The van der Waals surface area contributed by atoms with Crippen molar-refractivity contribution in [2.24, 2.45) is 0 Å². The number of carboxylic acid groups (broad SMARTS) is 1. The van der Waals surface area contributed by atoms with Crippen LogP contribution >= 0.6 is 0 Å². The number of ether oxygens (including phenoxy) is 5. The van der Waals surface area contributed by atoms with Gasteiger partial charge in [-0.1, -0.05) is 201 Å². The summed E-state index contributed by atoms with van der Waals surface area (Å²) in [5, 5.41) is 31.4. The number of carboxylic acids is 1. The molecule has 0 amide bonds. The van der Waals surface area contributed by atoms with E-state index < -0.39 is 67.3 Å². The molecule has 1 fully saturated rings. The molecule has 1 rings (SSSR count). The summed E-state index contributed by atoms with van der Waals surface area (Å²) in [6, 6.07) is 0. The number of carbonyl (C=O) groups is 4. The van der Waals surface area contributed by atoms with Gasteiger partial charge in [-0.3, -0.25) is 14.4 Å². The number of aliphatic hydroxyl groups excluding tert-OH is 2. The second kappa shape index (κ2) is 50.5. The Kier molecular flexibility index (Phi) is 46.2. The first-order valence-electron chi connectivity index (χ1n) is 29.2. The van der Waals surface area contributed by atoms with Crippen molar-refractivity contribution in [2.45, 2.75) is 263 Å². The van der Waals surface area contributed by atoms with E-state index in [2.05, 4.69) is 99.8 Å². The Labute approximate surface area is 453 Å². The Morgan fingerprint density at radius 2 is 0.893 bits per heavy atom. The van der Waals surface area contributed by atoms with Crippen molar-refractivity contribution in [1.29, 1.82) is 0 Å². The molecule has 3 N–H and O–H groups in total. The van der Waals surface area contributed by atoms with Crippen molar-refractivity contribution in [2.75, 3.05) is 13.2 Å². The molecule has 0 saturated carbocycles. The summed E-state index contributed by atoms with van der Waals surface area (Å²) in [7, 11) is 0. The minimum Gasteiger partial charge on any atom is -0.479 e. The van der Waals surface area contributed by atoms with Crippen molar-refractivity contribution < 1.29 is 58.2 Å². The van der Waals surface area contributed by atoms with Gasteiger partial charge in [0.05, 0.1) is 6.61 Å². The first-order valence-corrected chi connectivity index (χ1v) is 29.2. The Morgan fingerprint density at radius 1 is 0.453 bits per heavy atom.